The number of rotatable bonds is 59. The first-order valence-electron chi connectivity index (χ1n) is 37.4. The van der Waals surface area contributed by atoms with E-state index >= 15 is 0 Å². The lowest BCUT2D eigenvalue weighted by atomic mass is 9.96. The monoisotopic (exact) mass is 1300 g/mol. The highest BCUT2D eigenvalue weighted by Gasteiger charge is 2.53. The summed E-state index contributed by atoms with van der Waals surface area (Å²) in [4.78, 5) is 13.4. The van der Waals surface area contributed by atoms with Crippen LogP contribution in [0.4, 0.5) is 0 Å². The van der Waals surface area contributed by atoms with E-state index in [2.05, 4.69) is 19.2 Å². The Kier molecular flexibility index (Phi) is 50.2. The number of aliphatic hydroxyl groups is 11. The maximum absolute atomic E-state index is 13.4. The first-order valence-corrected chi connectivity index (χ1v) is 37.4. The topological polar surface area (TPSA) is 307 Å². The van der Waals surface area contributed by atoms with Gasteiger partial charge in [0, 0.05) is 6.42 Å². The van der Waals surface area contributed by atoms with Crippen LogP contribution in [0.15, 0.2) is 12.2 Å². The molecule has 3 aliphatic rings. The summed E-state index contributed by atoms with van der Waals surface area (Å²) in [5.41, 5.74) is 0. The number of allylic oxidation sites excluding steroid dienone is 1. The van der Waals surface area contributed by atoms with Gasteiger partial charge in [0.2, 0.25) is 5.91 Å². The SMILES string of the molecule is CCCCCCCCCCCCCCCCCCCC/C=C/C(O)C(COC1OC(CO)C(OC2OC(CO)C(OC3OC(CO)C(O)C(O)C3O)C(O)C2O)C(O)C1O)NC(=O)CCCCCCCCCCCCCCCCCCCCCCCCCCCC. The number of unbranched alkanes of at least 4 members (excludes halogenated alkanes) is 43. The van der Waals surface area contributed by atoms with E-state index in [1.165, 1.54) is 238 Å². The highest BCUT2D eigenvalue weighted by Crippen LogP contribution is 2.33. The summed E-state index contributed by atoms with van der Waals surface area (Å²) in [5.74, 6) is -0.268. The zero-order valence-corrected chi connectivity index (χ0v) is 57.1. The van der Waals surface area contributed by atoms with E-state index in [9.17, 15) is 61.0 Å². The average Bonchev–Trinajstić information content (AvgIpc) is 0.887. The predicted octanol–water partition coefficient (Wildman–Crippen LogP) is 10.8. The Labute approximate surface area is 550 Å². The number of amides is 1. The quantitative estimate of drug-likeness (QED) is 0.0199. The van der Waals surface area contributed by atoms with Crippen LogP contribution in [0, 0.1) is 0 Å². The Bertz CT molecular complexity index is 1700. The van der Waals surface area contributed by atoms with Gasteiger partial charge in [0.05, 0.1) is 38.6 Å². The second-order valence-electron chi connectivity index (χ2n) is 27.1. The van der Waals surface area contributed by atoms with E-state index in [4.69, 9.17) is 28.4 Å². The molecule has 0 aromatic rings. The van der Waals surface area contributed by atoms with Crippen molar-refractivity contribution in [2.45, 2.75) is 413 Å². The van der Waals surface area contributed by atoms with Crippen molar-refractivity contribution < 1.29 is 89.4 Å². The predicted molar refractivity (Wildman–Crippen MR) is 356 cm³/mol. The van der Waals surface area contributed by atoms with E-state index in [0.29, 0.717) is 6.42 Å². The molecule has 3 fully saturated rings. The van der Waals surface area contributed by atoms with Crippen LogP contribution in [-0.2, 0) is 33.2 Å². The lowest BCUT2D eigenvalue weighted by Crippen LogP contribution is -2.66. The average molecular weight is 1300 g/mol. The molecule has 0 bridgehead atoms. The molecule has 17 unspecified atom stereocenters. The summed E-state index contributed by atoms with van der Waals surface area (Å²) in [7, 11) is 0. The Balaban J connectivity index is 1.40. The fourth-order valence-electron chi connectivity index (χ4n) is 13.0. The largest absolute Gasteiger partial charge is 0.394 e. The molecule has 3 aliphatic heterocycles. The summed E-state index contributed by atoms with van der Waals surface area (Å²) >= 11 is 0. The van der Waals surface area contributed by atoms with E-state index in [0.717, 1.165) is 44.9 Å². The number of ether oxygens (including phenoxy) is 6. The molecule has 0 aromatic heterocycles. The van der Waals surface area contributed by atoms with Crippen LogP contribution in [0.1, 0.15) is 309 Å². The first kappa shape index (κ1) is 83.8. The zero-order valence-electron chi connectivity index (χ0n) is 57.1. The van der Waals surface area contributed by atoms with Crippen molar-refractivity contribution in [1.82, 2.24) is 5.32 Å². The molecule has 1 amide bonds. The third-order valence-electron chi connectivity index (χ3n) is 19.1. The fraction of sp³-hybridized carbons (Fsp3) is 0.958. The van der Waals surface area contributed by atoms with Gasteiger partial charge >= 0.3 is 0 Å². The molecule has 91 heavy (non-hydrogen) atoms. The van der Waals surface area contributed by atoms with Crippen molar-refractivity contribution in [1.29, 1.82) is 0 Å². The third-order valence-corrected chi connectivity index (χ3v) is 19.1. The Hall–Kier alpha value is -1.47. The van der Waals surface area contributed by atoms with E-state index in [1.54, 1.807) is 6.08 Å². The molecule has 3 rings (SSSR count). The van der Waals surface area contributed by atoms with Crippen LogP contribution in [0.3, 0.4) is 0 Å². The van der Waals surface area contributed by atoms with E-state index in [-0.39, 0.29) is 18.9 Å². The van der Waals surface area contributed by atoms with Crippen LogP contribution in [0.25, 0.3) is 0 Å². The molecule has 19 heteroatoms. The van der Waals surface area contributed by atoms with E-state index < -0.39 is 124 Å². The molecule has 0 radical (unpaired) electrons. The molecule has 17 atom stereocenters. The summed E-state index contributed by atoms with van der Waals surface area (Å²) in [5, 5.41) is 121. The van der Waals surface area contributed by atoms with Crippen molar-refractivity contribution in [3.63, 3.8) is 0 Å². The summed E-state index contributed by atoms with van der Waals surface area (Å²) in [6, 6.07) is -0.969. The summed E-state index contributed by atoms with van der Waals surface area (Å²) < 4.78 is 34.4. The van der Waals surface area contributed by atoms with Gasteiger partial charge in [0.15, 0.2) is 18.9 Å². The summed E-state index contributed by atoms with van der Waals surface area (Å²) in [6.45, 7) is 1.79. The molecule has 3 saturated heterocycles. The van der Waals surface area contributed by atoms with Crippen LogP contribution in [0.2, 0.25) is 0 Å². The standard InChI is InChI=1S/C72H137NO18/c1-3-5-7-9-11-13-15-17-19-21-23-25-26-27-28-29-30-32-34-36-38-40-42-44-46-48-50-60(78)73-55(56(77)49-47-45-43-41-39-37-35-33-31-24-22-20-18-16-14-12-10-8-6-4-2)54-86-70-66(84)63(81)68(58(52-75)88-70)91-72-67(85)64(82)69(59(53-76)89-72)90-71-65(83)62(80)61(79)57(51-74)87-71/h47,49,55-59,61-72,74-77,79-85H,3-46,48,50-54H2,1-2H3,(H,73,78)/b49-47+. The number of carbonyl (C=O) groups excluding carboxylic acids is 1. The lowest BCUT2D eigenvalue weighted by molar-refractivity contribution is -0.379. The number of carbonyl (C=O) groups is 1. The molecule has 0 saturated carbocycles. The van der Waals surface area contributed by atoms with Crippen molar-refractivity contribution >= 4 is 5.91 Å². The Morgan fingerprint density at radius 2 is 0.681 bits per heavy atom. The van der Waals surface area contributed by atoms with Crippen molar-refractivity contribution in [3.05, 3.63) is 12.2 Å². The van der Waals surface area contributed by atoms with Crippen molar-refractivity contribution in [3.8, 4) is 0 Å². The number of aliphatic hydroxyl groups excluding tert-OH is 11. The minimum Gasteiger partial charge on any atom is -0.394 e. The third kappa shape index (κ3) is 36.1. The molecule has 3 heterocycles. The maximum atomic E-state index is 13.4. The second kappa shape index (κ2) is 54.5. The second-order valence-corrected chi connectivity index (χ2v) is 27.1. The van der Waals surface area contributed by atoms with Crippen LogP contribution in [-0.4, -0.2) is 193 Å². The molecule has 0 aromatic carbocycles. The number of hydrogen-bond donors (Lipinski definition) is 12. The molecule has 0 spiro atoms. The fourth-order valence-corrected chi connectivity index (χ4v) is 13.0. The number of nitrogens with one attached hydrogen (secondary N) is 1. The van der Waals surface area contributed by atoms with Crippen LogP contribution < -0.4 is 5.32 Å². The Morgan fingerprint density at radius 1 is 0.385 bits per heavy atom. The normalized spacial score (nSPS) is 27.9. The van der Waals surface area contributed by atoms with Gasteiger partial charge in [-0.05, 0) is 19.3 Å². The van der Waals surface area contributed by atoms with Crippen LogP contribution >= 0.6 is 0 Å². The highest BCUT2D eigenvalue weighted by atomic mass is 16.8. The first-order chi connectivity index (χ1) is 44.3. The molecule has 538 valence electrons. The highest BCUT2D eigenvalue weighted by molar-refractivity contribution is 5.76. The van der Waals surface area contributed by atoms with Crippen molar-refractivity contribution in [2.24, 2.45) is 0 Å². The smallest absolute Gasteiger partial charge is 0.220 e. The Morgan fingerprint density at radius 3 is 1.03 bits per heavy atom. The van der Waals surface area contributed by atoms with Gasteiger partial charge in [0.25, 0.3) is 0 Å². The molecular weight excluding hydrogens is 1170 g/mol. The van der Waals surface area contributed by atoms with Gasteiger partial charge in [-0.1, -0.05) is 296 Å². The number of hydrogen-bond acceptors (Lipinski definition) is 18. The van der Waals surface area contributed by atoms with Gasteiger partial charge in [-0.25, -0.2) is 0 Å². The summed E-state index contributed by atoms with van der Waals surface area (Å²) in [6.07, 6.45) is 34.8. The van der Waals surface area contributed by atoms with Gasteiger partial charge in [0.1, 0.15) is 73.2 Å². The molecule has 0 aliphatic carbocycles. The van der Waals surface area contributed by atoms with Crippen LogP contribution in [0.5, 0.6) is 0 Å². The van der Waals surface area contributed by atoms with Gasteiger partial charge in [-0.15, -0.1) is 0 Å². The minimum absolute atomic E-state index is 0.250. The van der Waals surface area contributed by atoms with Gasteiger partial charge < -0.3 is 89.9 Å². The van der Waals surface area contributed by atoms with Gasteiger partial charge in [-0.2, -0.15) is 0 Å². The van der Waals surface area contributed by atoms with Gasteiger partial charge in [-0.3, -0.25) is 4.79 Å². The maximum Gasteiger partial charge on any atom is 0.220 e. The minimum atomic E-state index is -1.98. The molecule has 12 N–H and O–H groups in total. The molecular formula is C72H137NO18. The molecule has 19 nitrogen and oxygen atoms in total. The van der Waals surface area contributed by atoms with E-state index in [1.807, 2.05) is 6.08 Å². The van der Waals surface area contributed by atoms with Crippen molar-refractivity contribution in [2.75, 3.05) is 26.4 Å². The zero-order chi connectivity index (χ0) is 66.1. The lowest BCUT2D eigenvalue weighted by Gasteiger charge is -2.48.